The fraction of sp³-hybridized carbons (Fsp3) is 1.00. The zero-order valence-corrected chi connectivity index (χ0v) is 6.09. The molecule has 39 valence electrons. The molecule has 0 heterocycles. The fourth-order valence-electron chi connectivity index (χ4n) is 0. The van der Waals surface area contributed by atoms with Crippen LogP contribution in [0.15, 0.2) is 0 Å². The second-order valence-electron chi connectivity index (χ2n) is 0.949. The first kappa shape index (κ1) is 9.17. The molecule has 0 fully saturated rings. The summed E-state index contributed by atoms with van der Waals surface area (Å²) >= 11 is -0.269. The summed E-state index contributed by atoms with van der Waals surface area (Å²) < 4.78 is 0. The Morgan fingerprint density at radius 3 is 1.00 bits per heavy atom. The van der Waals surface area contributed by atoms with Crippen LogP contribution in [0.4, 0.5) is 0 Å². The maximum atomic E-state index is 2.32. The molecule has 0 spiro atoms. The Balaban J connectivity index is 0. The van der Waals surface area contributed by atoms with Crippen LogP contribution in [0.3, 0.4) is 0 Å². The van der Waals surface area contributed by atoms with Gasteiger partial charge in [0.15, 0.2) is 0 Å². The van der Waals surface area contributed by atoms with E-state index >= 15 is 0 Å². The molecule has 0 aromatic heterocycles. The molecule has 1 nitrogen and oxygen atoms in total. The molecule has 0 aromatic rings. The van der Waals surface area contributed by atoms with Crippen molar-refractivity contribution < 1.29 is 22.8 Å². The third kappa shape index (κ3) is 77.6. The van der Waals surface area contributed by atoms with Crippen molar-refractivity contribution in [3.05, 3.63) is 0 Å². The van der Waals surface area contributed by atoms with Gasteiger partial charge in [-0.2, -0.15) is 0 Å². The molecular weight excluding hydrogens is 247 g/mol. The summed E-state index contributed by atoms with van der Waals surface area (Å²) in [6.45, 7) is 0. The van der Waals surface area contributed by atoms with Crippen molar-refractivity contribution in [1.82, 2.24) is 0 Å². The van der Waals surface area contributed by atoms with E-state index in [0.717, 1.165) is 0 Å². The molecular formula is C3H11OPt. The molecule has 0 bridgehead atoms. The van der Waals surface area contributed by atoms with E-state index in [1.807, 2.05) is 0 Å². The van der Waals surface area contributed by atoms with Gasteiger partial charge in [0.1, 0.15) is 0 Å². The van der Waals surface area contributed by atoms with Crippen molar-refractivity contribution >= 4 is 0 Å². The van der Waals surface area contributed by atoms with Gasteiger partial charge in [0.25, 0.3) is 0 Å². The Hall–Kier alpha value is 0.648. The third-order valence-corrected chi connectivity index (χ3v) is 0. The zero-order valence-electron chi connectivity index (χ0n) is 3.82. The van der Waals surface area contributed by atoms with E-state index in [-0.39, 0.29) is 22.8 Å². The first-order valence-corrected chi connectivity index (χ1v) is 7.77. The van der Waals surface area contributed by atoms with Gasteiger partial charge in [0, 0.05) is 0 Å². The molecule has 0 amide bonds. The molecule has 5 heavy (non-hydrogen) atoms. The standard InChI is InChI=1S/3CH3.H2O.Pt/h3*1H3;1H2;. The van der Waals surface area contributed by atoms with E-state index in [1.165, 1.54) is 0 Å². The van der Waals surface area contributed by atoms with E-state index in [2.05, 4.69) is 15.9 Å². The molecule has 2 heteroatoms. The van der Waals surface area contributed by atoms with Crippen LogP contribution >= 0.6 is 0 Å². The van der Waals surface area contributed by atoms with Gasteiger partial charge in [-0.1, -0.05) is 0 Å². The van der Waals surface area contributed by atoms with Crippen molar-refractivity contribution in [3.8, 4) is 0 Å². The molecule has 0 atom stereocenters. The summed E-state index contributed by atoms with van der Waals surface area (Å²) in [7, 11) is 0. The number of rotatable bonds is 0. The van der Waals surface area contributed by atoms with Crippen LogP contribution in [-0.2, 0) is 17.3 Å². The van der Waals surface area contributed by atoms with Gasteiger partial charge in [-0.25, -0.2) is 0 Å². The molecule has 2 N–H and O–H groups in total. The van der Waals surface area contributed by atoms with Gasteiger partial charge < -0.3 is 5.48 Å². The van der Waals surface area contributed by atoms with Gasteiger partial charge in [0.05, 0.1) is 0 Å². The summed E-state index contributed by atoms with van der Waals surface area (Å²) in [6, 6.07) is 0. The van der Waals surface area contributed by atoms with Crippen LogP contribution in [0.25, 0.3) is 0 Å². The summed E-state index contributed by atoms with van der Waals surface area (Å²) in [5.41, 5.74) is 0. The Morgan fingerprint density at radius 1 is 1.00 bits per heavy atom. The van der Waals surface area contributed by atoms with Crippen molar-refractivity contribution in [1.29, 1.82) is 0 Å². The monoisotopic (exact) mass is 258 g/mol. The number of hydrogen-bond acceptors (Lipinski definition) is 0. The van der Waals surface area contributed by atoms with Gasteiger partial charge >= 0.3 is 33.3 Å². The average Bonchev–Trinajstić information content (AvgIpc) is 0.811. The van der Waals surface area contributed by atoms with Crippen molar-refractivity contribution in [2.45, 2.75) is 15.9 Å². The first-order chi connectivity index (χ1) is 1.73. The van der Waals surface area contributed by atoms with Crippen molar-refractivity contribution in [2.24, 2.45) is 0 Å². The molecule has 0 aliphatic carbocycles. The molecule has 0 aliphatic heterocycles. The van der Waals surface area contributed by atoms with Crippen LogP contribution in [-0.4, -0.2) is 5.48 Å². The van der Waals surface area contributed by atoms with E-state index in [0.29, 0.717) is 0 Å². The molecule has 0 rings (SSSR count). The number of hydrogen-bond donors (Lipinski definition) is 0. The van der Waals surface area contributed by atoms with Crippen LogP contribution < -0.4 is 0 Å². The SMILES string of the molecule is O.[CH3][Pt]([CH3])[CH3]. The van der Waals surface area contributed by atoms with Gasteiger partial charge in [-0.15, -0.1) is 0 Å². The molecule has 0 saturated heterocycles. The van der Waals surface area contributed by atoms with E-state index in [9.17, 15) is 0 Å². The van der Waals surface area contributed by atoms with E-state index in [4.69, 9.17) is 0 Å². The van der Waals surface area contributed by atoms with Gasteiger partial charge in [0.2, 0.25) is 0 Å². The maximum absolute atomic E-state index is 2.32. The second kappa shape index (κ2) is 4.65. The van der Waals surface area contributed by atoms with Crippen LogP contribution in [0.1, 0.15) is 0 Å². The topological polar surface area (TPSA) is 31.5 Å². The quantitative estimate of drug-likeness (QED) is 0.619. The Morgan fingerprint density at radius 2 is 1.00 bits per heavy atom. The molecule has 0 unspecified atom stereocenters. The van der Waals surface area contributed by atoms with Crippen molar-refractivity contribution in [2.75, 3.05) is 0 Å². The summed E-state index contributed by atoms with van der Waals surface area (Å²) in [6.07, 6.45) is 0. The molecule has 0 aliphatic rings. The van der Waals surface area contributed by atoms with Crippen molar-refractivity contribution in [3.63, 3.8) is 0 Å². The van der Waals surface area contributed by atoms with Crippen LogP contribution in [0, 0.1) is 0 Å². The zero-order chi connectivity index (χ0) is 3.58. The first-order valence-electron chi connectivity index (χ1n) is 0.949. The van der Waals surface area contributed by atoms with Crippen LogP contribution in [0.2, 0.25) is 15.9 Å². The van der Waals surface area contributed by atoms with E-state index < -0.39 is 0 Å². The average molecular weight is 258 g/mol. The second-order valence-corrected chi connectivity index (χ2v) is 7.77. The molecule has 0 radical (unpaired) electrons. The predicted molar refractivity (Wildman–Crippen MR) is 21.2 cm³/mol. The van der Waals surface area contributed by atoms with E-state index in [1.54, 1.807) is 0 Å². The van der Waals surface area contributed by atoms with Gasteiger partial charge in [-0.3, -0.25) is 0 Å². The molecule has 0 aromatic carbocycles. The summed E-state index contributed by atoms with van der Waals surface area (Å²) in [5.74, 6) is 0. The minimum absolute atomic E-state index is 0. The fourth-order valence-corrected chi connectivity index (χ4v) is 0. The predicted octanol–water partition coefficient (Wildman–Crippen LogP) is 0.924. The Labute approximate surface area is 39.3 Å². The Bertz CT molecular complexity index is 11.6. The summed E-state index contributed by atoms with van der Waals surface area (Å²) in [5, 5.41) is 6.97. The summed E-state index contributed by atoms with van der Waals surface area (Å²) in [4.78, 5) is 0. The Kier molecular flexibility index (Phi) is 8.52. The van der Waals surface area contributed by atoms with Gasteiger partial charge in [-0.05, 0) is 0 Å². The third-order valence-electron chi connectivity index (χ3n) is 0. The molecule has 0 saturated carbocycles. The normalized spacial score (nSPS) is 9.00. The van der Waals surface area contributed by atoms with Crippen LogP contribution in [0.5, 0.6) is 0 Å². The minimum atomic E-state index is -0.269.